The molecule has 1 heterocycles. The number of carbonyl (C=O) groups is 2. The van der Waals surface area contributed by atoms with Crippen LogP contribution in [0.5, 0.6) is 5.88 Å². The Morgan fingerprint density at radius 2 is 2.00 bits per heavy atom. The monoisotopic (exact) mass is 284 g/mol. The highest BCUT2D eigenvalue weighted by molar-refractivity contribution is 6.29. The van der Waals surface area contributed by atoms with Crippen molar-refractivity contribution < 1.29 is 14.3 Å². The SMILES string of the molecule is CCC(=O)c1ccc(Cl)nc1OC(=O)NC(C)(C)C. The molecule has 0 aliphatic heterocycles. The number of halogens is 1. The van der Waals surface area contributed by atoms with Gasteiger partial charge >= 0.3 is 6.09 Å². The van der Waals surface area contributed by atoms with E-state index in [1.54, 1.807) is 6.92 Å². The Bertz CT molecular complexity index is 495. The lowest BCUT2D eigenvalue weighted by atomic mass is 10.1. The van der Waals surface area contributed by atoms with Crippen molar-refractivity contribution in [1.82, 2.24) is 10.3 Å². The number of pyridine rings is 1. The second-order valence-electron chi connectivity index (χ2n) is 5.03. The van der Waals surface area contributed by atoms with Crippen LogP contribution in [0.4, 0.5) is 4.79 Å². The van der Waals surface area contributed by atoms with E-state index in [0.717, 1.165) is 0 Å². The van der Waals surface area contributed by atoms with Crippen LogP contribution < -0.4 is 10.1 Å². The lowest BCUT2D eigenvalue weighted by Gasteiger charge is -2.20. The lowest BCUT2D eigenvalue weighted by molar-refractivity contribution is 0.0985. The van der Waals surface area contributed by atoms with Gasteiger partial charge in [0.15, 0.2) is 5.78 Å². The van der Waals surface area contributed by atoms with Crippen molar-refractivity contribution in [3.8, 4) is 5.88 Å². The van der Waals surface area contributed by atoms with Gasteiger partial charge in [-0.3, -0.25) is 4.79 Å². The standard InChI is InChI=1S/C13H17ClN2O3/c1-5-9(17)8-6-7-10(14)15-11(8)19-12(18)16-13(2,3)4/h6-7H,5H2,1-4H3,(H,16,18). The zero-order valence-corrected chi connectivity index (χ0v) is 12.2. The van der Waals surface area contributed by atoms with E-state index in [4.69, 9.17) is 16.3 Å². The molecule has 1 amide bonds. The molecule has 5 nitrogen and oxygen atoms in total. The Labute approximate surface area is 117 Å². The number of ketones is 1. The number of hydrogen-bond acceptors (Lipinski definition) is 4. The highest BCUT2D eigenvalue weighted by Crippen LogP contribution is 2.20. The third kappa shape index (κ3) is 4.87. The normalized spacial score (nSPS) is 11.0. The fourth-order valence-electron chi connectivity index (χ4n) is 1.32. The van der Waals surface area contributed by atoms with Crippen LogP contribution in [-0.4, -0.2) is 22.4 Å². The van der Waals surface area contributed by atoms with E-state index in [0.29, 0.717) is 6.42 Å². The van der Waals surface area contributed by atoms with Gasteiger partial charge in [-0.1, -0.05) is 18.5 Å². The molecule has 0 saturated heterocycles. The van der Waals surface area contributed by atoms with Crippen LogP contribution in [0.15, 0.2) is 12.1 Å². The molecular formula is C13H17ClN2O3. The Morgan fingerprint density at radius 1 is 1.37 bits per heavy atom. The third-order valence-electron chi connectivity index (χ3n) is 2.11. The Balaban J connectivity index is 2.96. The predicted octanol–water partition coefficient (Wildman–Crippen LogP) is 3.21. The number of aromatic nitrogens is 1. The minimum atomic E-state index is -0.674. The van der Waals surface area contributed by atoms with Crippen molar-refractivity contribution in [3.05, 3.63) is 22.8 Å². The number of nitrogens with zero attached hydrogens (tertiary/aromatic N) is 1. The van der Waals surface area contributed by atoms with Crippen LogP contribution in [0.1, 0.15) is 44.5 Å². The van der Waals surface area contributed by atoms with Crippen LogP contribution in [0.3, 0.4) is 0 Å². The maximum Gasteiger partial charge on any atom is 0.414 e. The van der Waals surface area contributed by atoms with Crippen molar-refractivity contribution >= 4 is 23.5 Å². The molecule has 1 aromatic heterocycles. The number of ether oxygens (including phenoxy) is 1. The zero-order chi connectivity index (χ0) is 14.6. The van der Waals surface area contributed by atoms with Gasteiger partial charge in [0, 0.05) is 12.0 Å². The maximum absolute atomic E-state index is 11.7. The largest absolute Gasteiger partial charge is 0.414 e. The second-order valence-corrected chi connectivity index (χ2v) is 5.42. The summed E-state index contributed by atoms with van der Waals surface area (Å²) >= 11 is 5.75. The van der Waals surface area contributed by atoms with E-state index in [1.807, 2.05) is 20.8 Å². The van der Waals surface area contributed by atoms with E-state index in [9.17, 15) is 9.59 Å². The molecule has 0 fully saturated rings. The summed E-state index contributed by atoms with van der Waals surface area (Å²) in [6.45, 7) is 7.17. The lowest BCUT2D eigenvalue weighted by Crippen LogP contribution is -2.42. The molecule has 0 saturated carbocycles. The molecule has 0 aliphatic carbocycles. The second kappa shape index (κ2) is 6.02. The first kappa shape index (κ1) is 15.4. The average Bonchev–Trinajstić information content (AvgIpc) is 2.25. The van der Waals surface area contributed by atoms with Gasteiger partial charge in [-0.2, -0.15) is 0 Å². The van der Waals surface area contributed by atoms with Gasteiger partial charge in [-0.05, 0) is 32.9 Å². The first-order chi connectivity index (χ1) is 8.73. The Kier molecular flexibility index (Phi) is 4.89. The fourth-order valence-corrected chi connectivity index (χ4v) is 1.46. The molecule has 0 bridgehead atoms. The molecule has 0 aromatic carbocycles. The number of carbonyl (C=O) groups excluding carboxylic acids is 2. The van der Waals surface area contributed by atoms with Gasteiger partial charge in [0.25, 0.3) is 0 Å². The number of hydrogen-bond donors (Lipinski definition) is 1. The summed E-state index contributed by atoms with van der Waals surface area (Å²) in [7, 11) is 0. The molecular weight excluding hydrogens is 268 g/mol. The van der Waals surface area contributed by atoms with E-state index in [1.165, 1.54) is 12.1 Å². The van der Waals surface area contributed by atoms with Gasteiger partial charge in [0.05, 0.1) is 5.56 Å². The molecule has 1 aromatic rings. The molecule has 0 atom stereocenters. The predicted molar refractivity (Wildman–Crippen MR) is 72.8 cm³/mol. The number of rotatable bonds is 3. The zero-order valence-electron chi connectivity index (χ0n) is 11.4. The van der Waals surface area contributed by atoms with Crippen molar-refractivity contribution in [1.29, 1.82) is 0 Å². The molecule has 0 aliphatic rings. The van der Waals surface area contributed by atoms with E-state index >= 15 is 0 Å². The minimum absolute atomic E-state index is 0.0684. The van der Waals surface area contributed by atoms with Crippen molar-refractivity contribution in [2.45, 2.75) is 39.7 Å². The molecule has 1 N–H and O–H groups in total. The molecule has 104 valence electrons. The Hall–Kier alpha value is -1.62. The van der Waals surface area contributed by atoms with Crippen LogP contribution in [0, 0.1) is 0 Å². The number of nitrogens with one attached hydrogen (secondary N) is 1. The van der Waals surface area contributed by atoms with Crippen LogP contribution in [-0.2, 0) is 0 Å². The summed E-state index contributed by atoms with van der Waals surface area (Å²) in [5.41, 5.74) is -0.194. The first-order valence-electron chi connectivity index (χ1n) is 5.92. The first-order valence-corrected chi connectivity index (χ1v) is 6.30. The Morgan fingerprint density at radius 3 is 2.53 bits per heavy atom. The van der Waals surface area contributed by atoms with Crippen molar-refractivity contribution in [2.24, 2.45) is 0 Å². The highest BCUT2D eigenvalue weighted by Gasteiger charge is 2.19. The quantitative estimate of drug-likeness (QED) is 0.683. The summed E-state index contributed by atoms with van der Waals surface area (Å²) in [5, 5.41) is 2.77. The topological polar surface area (TPSA) is 68.3 Å². The van der Waals surface area contributed by atoms with Crippen molar-refractivity contribution in [3.63, 3.8) is 0 Å². The minimum Gasteiger partial charge on any atom is -0.390 e. The van der Waals surface area contributed by atoms with E-state index in [-0.39, 0.29) is 22.4 Å². The van der Waals surface area contributed by atoms with Gasteiger partial charge in [0.2, 0.25) is 5.88 Å². The van der Waals surface area contributed by atoms with Crippen molar-refractivity contribution in [2.75, 3.05) is 0 Å². The van der Waals surface area contributed by atoms with E-state index in [2.05, 4.69) is 10.3 Å². The average molecular weight is 285 g/mol. The summed E-state index contributed by atoms with van der Waals surface area (Å²) in [4.78, 5) is 27.3. The summed E-state index contributed by atoms with van der Waals surface area (Å²) in [6.07, 6.45) is -0.381. The van der Waals surface area contributed by atoms with Crippen LogP contribution in [0.2, 0.25) is 5.15 Å². The smallest absolute Gasteiger partial charge is 0.390 e. The van der Waals surface area contributed by atoms with Crippen LogP contribution in [0.25, 0.3) is 0 Å². The molecule has 0 spiro atoms. The van der Waals surface area contributed by atoms with Crippen LogP contribution >= 0.6 is 11.6 Å². The maximum atomic E-state index is 11.7. The van der Waals surface area contributed by atoms with Gasteiger partial charge < -0.3 is 10.1 Å². The van der Waals surface area contributed by atoms with Gasteiger partial charge in [0.1, 0.15) is 5.15 Å². The molecule has 1 rings (SSSR count). The fraction of sp³-hybridized carbons (Fsp3) is 0.462. The van der Waals surface area contributed by atoms with E-state index < -0.39 is 11.6 Å². The van der Waals surface area contributed by atoms with Gasteiger partial charge in [-0.25, -0.2) is 9.78 Å². The molecule has 0 unspecified atom stereocenters. The summed E-state index contributed by atoms with van der Waals surface area (Å²) in [6, 6.07) is 2.99. The third-order valence-corrected chi connectivity index (χ3v) is 2.32. The highest BCUT2D eigenvalue weighted by atomic mass is 35.5. The molecule has 0 radical (unpaired) electrons. The van der Waals surface area contributed by atoms with Gasteiger partial charge in [-0.15, -0.1) is 0 Å². The molecule has 19 heavy (non-hydrogen) atoms. The molecule has 6 heteroatoms. The summed E-state index contributed by atoms with van der Waals surface area (Å²) < 4.78 is 5.06. The number of Topliss-reactive ketones (excluding diaryl/α,β-unsaturated/α-hetero) is 1. The summed E-state index contributed by atoms with van der Waals surface area (Å²) in [5.74, 6) is -0.233. The number of amides is 1.